The maximum Gasteiger partial charge on any atom is 0.416 e. The van der Waals surface area contributed by atoms with Crippen molar-refractivity contribution in [2.24, 2.45) is 0 Å². The molecule has 0 aliphatic heterocycles. The molecule has 0 bridgehead atoms. The van der Waals surface area contributed by atoms with Crippen LogP contribution in [-0.4, -0.2) is 16.6 Å². The molecule has 1 rings (SSSR count). The van der Waals surface area contributed by atoms with Gasteiger partial charge in [0.15, 0.2) is 0 Å². The third-order valence-corrected chi connectivity index (χ3v) is 2.63. The predicted octanol–water partition coefficient (Wildman–Crippen LogP) is 2.88. The maximum atomic E-state index is 12.6. The highest BCUT2D eigenvalue weighted by Crippen LogP contribution is 2.35. The molecule has 0 saturated heterocycles. The first-order chi connectivity index (χ1) is 8.08. The maximum absolute atomic E-state index is 12.6. The summed E-state index contributed by atoms with van der Waals surface area (Å²) >= 11 is 0. The lowest BCUT2D eigenvalue weighted by Gasteiger charge is -2.23. The Kier molecular flexibility index (Phi) is 3.66. The number of benzene rings is 1. The third-order valence-electron chi connectivity index (χ3n) is 2.63. The van der Waals surface area contributed by atoms with Gasteiger partial charge in [0.05, 0.1) is 17.1 Å². The molecule has 7 heteroatoms. The summed E-state index contributed by atoms with van der Waals surface area (Å²) in [4.78, 5) is 9.74. The molecular formula is C11H12F3NO3. The van der Waals surface area contributed by atoms with E-state index in [1.165, 1.54) is 13.8 Å². The molecule has 1 aromatic carbocycles. The minimum Gasteiger partial charge on any atom is -0.395 e. The second-order valence-electron chi connectivity index (χ2n) is 4.57. The Morgan fingerprint density at radius 3 is 2.11 bits per heavy atom. The van der Waals surface area contributed by atoms with Crippen LogP contribution in [0.25, 0.3) is 0 Å². The van der Waals surface area contributed by atoms with Gasteiger partial charge in [-0.15, -0.1) is 0 Å². The monoisotopic (exact) mass is 263 g/mol. The number of aliphatic hydroxyl groups is 1. The summed E-state index contributed by atoms with van der Waals surface area (Å²) in [6, 6.07) is 2.35. The van der Waals surface area contributed by atoms with Crippen LogP contribution in [0.1, 0.15) is 25.0 Å². The van der Waals surface area contributed by atoms with Crippen LogP contribution in [0.2, 0.25) is 0 Å². The summed E-state index contributed by atoms with van der Waals surface area (Å²) in [5.41, 5.74) is -2.63. The fourth-order valence-corrected chi connectivity index (χ4v) is 1.36. The molecule has 1 aromatic rings. The van der Waals surface area contributed by atoms with E-state index in [4.69, 9.17) is 5.11 Å². The van der Waals surface area contributed by atoms with E-state index in [-0.39, 0.29) is 5.56 Å². The number of nitrogens with zero attached hydrogens (tertiary/aromatic N) is 1. The second-order valence-corrected chi connectivity index (χ2v) is 4.57. The largest absolute Gasteiger partial charge is 0.416 e. The first kappa shape index (κ1) is 14.4. The zero-order valence-corrected chi connectivity index (χ0v) is 9.78. The average Bonchev–Trinajstić information content (AvgIpc) is 2.27. The number of aliphatic hydroxyl groups excluding tert-OH is 1. The number of non-ortho nitro benzene ring substituents is 1. The molecule has 0 aliphatic carbocycles. The zero-order valence-electron chi connectivity index (χ0n) is 9.78. The topological polar surface area (TPSA) is 63.4 Å². The molecule has 0 unspecified atom stereocenters. The van der Waals surface area contributed by atoms with E-state index in [1.807, 2.05) is 0 Å². The molecule has 0 heterocycles. The average molecular weight is 263 g/mol. The van der Waals surface area contributed by atoms with Crippen LogP contribution >= 0.6 is 0 Å². The molecule has 0 spiro atoms. The molecule has 0 atom stereocenters. The standard InChI is InChI=1S/C11H12F3NO3/c1-10(2,6-16)7-3-8(11(12,13)14)5-9(4-7)15(17)18/h3-5,16H,6H2,1-2H3. The van der Waals surface area contributed by atoms with Crippen molar-refractivity contribution in [3.8, 4) is 0 Å². The number of alkyl halides is 3. The lowest BCUT2D eigenvalue weighted by atomic mass is 9.84. The van der Waals surface area contributed by atoms with E-state index in [0.29, 0.717) is 6.07 Å². The smallest absolute Gasteiger partial charge is 0.395 e. The highest BCUT2D eigenvalue weighted by atomic mass is 19.4. The van der Waals surface area contributed by atoms with Crippen molar-refractivity contribution in [2.45, 2.75) is 25.4 Å². The number of nitro benzene ring substituents is 1. The van der Waals surface area contributed by atoms with Crippen molar-refractivity contribution in [3.63, 3.8) is 0 Å². The summed E-state index contributed by atoms with van der Waals surface area (Å²) in [6.45, 7) is 2.60. The van der Waals surface area contributed by atoms with Crippen LogP contribution in [0.5, 0.6) is 0 Å². The van der Waals surface area contributed by atoms with E-state index >= 15 is 0 Å². The van der Waals surface area contributed by atoms with E-state index in [2.05, 4.69) is 0 Å². The van der Waals surface area contributed by atoms with Gasteiger partial charge < -0.3 is 5.11 Å². The summed E-state index contributed by atoms with van der Waals surface area (Å²) in [6.07, 6.45) is -4.66. The van der Waals surface area contributed by atoms with Crippen molar-refractivity contribution >= 4 is 5.69 Å². The van der Waals surface area contributed by atoms with Gasteiger partial charge in [0.1, 0.15) is 0 Å². The molecule has 4 nitrogen and oxygen atoms in total. The molecule has 0 amide bonds. The van der Waals surface area contributed by atoms with Crippen LogP contribution in [0.3, 0.4) is 0 Å². The van der Waals surface area contributed by atoms with Crippen molar-refractivity contribution in [2.75, 3.05) is 6.61 Å². The van der Waals surface area contributed by atoms with Crippen LogP contribution < -0.4 is 0 Å². The van der Waals surface area contributed by atoms with Crippen LogP contribution in [0, 0.1) is 10.1 Å². The van der Waals surface area contributed by atoms with Crippen molar-refractivity contribution in [1.29, 1.82) is 0 Å². The highest BCUT2D eigenvalue weighted by Gasteiger charge is 2.34. The quantitative estimate of drug-likeness (QED) is 0.673. The molecule has 1 N–H and O–H groups in total. The molecule has 0 radical (unpaired) electrons. The number of nitro groups is 1. The van der Waals surface area contributed by atoms with Crippen molar-refractivity contribution in [3.05, 3.63) is 39.4 Å². The lowest BCUT2D eigenvalue weighted by molar-refractivity contribution is -0.385. The minimum absolute atomic E-state index is 0.0755. The molecule has 100 valence electrons. The predicted molar refractivity (Wildman–Crippen MR) is 58.2 cm³/mol. The van der Waals surface area contributed by atoms with Gasteiger partial charge in [-0.05, 0) is 11.6 Å². The Morgan fingerprint density at radius 2 is 1.72 bits per heavy atom. The fraction of sp³-hybridized carbons (Fsp3) is 0.455. The van der Waals surface area contributed by atoms with Gasteiger partial charge in [0, 0.05) is 17.5 Å². The first-order valence-corrected chi connectivity index (χ1v) is 5.06. The summed E-state index contributed by atoms with van der Waals surface area (Å²) in [5.74, 6) is 0. The Morgan fingerprint density at radius 1 is 1.22 bits per heavy atom. The Hall–Kier alpha value is -1.63. The first-order valence-electron chi connectivity index (χ1n) is 5.06. The van der Waals surface area contributed by atoms with Crippen LogP contribution in [0.15, 0.2) is 18.2 Å². The van der Waals surface area contributed by atoms with Gasteiger partial charge in [-0.3, -0.25) is 10.1 Å². The third kappa shape index (κ3) is 2.98. The number of rotatable bonds is 3. The molecule has 0 saturated carbocycles. The van der Waals surface area contributed by atoms with Crippen LogP contribution in [0.4, 0.5) is 18.9 Å². The lowest BCUT2D eigenvalue weighted by Crippen LogP contribution is -2.23. The number of halogens is 3. The van der Waals surface area contributed by atoms with Gasteiger partial charge in [0.2, 0.25) is 0 Å². The Labute approximate surface area is 101 Å². The number of hydrogen-bond acceptors (Lipinski definition) is 3. The van der Waals surface area contributed by atoms with Crippen molar-refractivity contribution < 1.29 is 23.2 Å². The summed E-state index contributed by atoms with van der Waals surface area (Å²) < 4.78 is 37.9. The minimum atomic E-state index is -4.66. The van der Waals surface area contributed by atoms with E-state index in [0.717, 1.165) is 12.1 Å². The highest BCUT2D eigenvalue weighted by molar-refractivity contribution is 5.43. The molecular weight excluding hydrogens is 251 g/mol. The summed E-state index contributed by atoms with van der Waals surface area (Å²) in [5, 5.41) is 19.7. The van der Waals surface area contributed by atoms with Crippen molar-refractivity contribution in [1.82, 2.24) is 0 Å². The molecule has 0 aromatic heterocycles. The van der Waals surface area contributed by atoms with Crippen LogP contribution in [-0.2, 0) is 11.6 Å². The number of hydrogen-bond donors (Lipinski definition) is 1. The zero-order chi connectivity index (χ0) is 14.1. The van der Waals surface area contributed by atoms with Gasteiger partial charge in [-0.2, -0.15) is 13.2 Å². The summed E-state index contributed by atoms with van der Waals surface area (Å²) in [7, 11) is 0. The fourth-order valence-electron chi connectivity index (χ4n) is 1.36. The molecule has 0 fully saturated rings. The molecule has 0 aliphatic rings. The van der Waals surface area contributed by atoms with Gasteiger partial charge in [-0.1, -0.05) is 13.8 Å². The van der Waals surface area contributed by atoms with E-state index < -0.39 is 34.4 Å². The Balaban J connectivity index is 3.46. The van der Waals surface area contributed by atoms with E-state index in [9.17, 15) is 23.3 Å². The van der Waals surface area contributed by atoms with E-state index in [1.54, 1.807) is 0 Å². The van der Waals surface area contributed by atoms with Gasteiger partial charge >= 0.3 is 6.18 Å². The van der Waals surface area contributed by atoms with Gasteiger partial charge in [-0.25, -0.2) is 0 Å². The normalized spacial score (nSPS) is 12.6. The Bertz CT molecular complexity index is 469. The SMILES string of the molecule is CC(C)(CO)c1cc([N+](=O)[O-])cc(C(F)(F)F)c1. The second kappa shape index (κ2) is 4.56. The molecule has 18 heavy (non-hydrogen) atoms. The van der Waals surface area contributed by atoms with Gasteiger partial charge in [0.25, 0.3) is 5.69 Å².